The summed E-state index contributed by atoms with van der Waals surface area (Å²) < 4.78 is 40.2. The number of anilines is 1. The minimum absolute atomic E-state index is 0.00655. The maximum atomic E-state index is 13.5. The van der Waals surface area contributed by atoms with Gasteiger partial charge in [-0.1, -0.05) is 17.7 Å². The fraction of sp³-hybridized carbons (Fsp3) is 0.188. The van der Waals surface area contributed by atoms with Crippen LogP contribution in [0.4, 0.5) is 10.1 Å². The first-order valence-electron chi connectivity index (χ1n) is 7.04. The van der Waals surface area contributed by atoms with Crippen molar-refractivity contribution >= 4 is 33.2 Å². The van der Waals surface area contributed by atoms with Crippen molar-refractivity contribution in [1.29, 1.82) is 0 Å². The van der Waals surface area contributed by atoms with Gasteiger partial charge in [-0.05, 0) is 55.8 Å². The minimum Gasteiger partial charge on any atom is -0.325 e. The molecule has 24 heavy (non-hydrogen) atoms. The first kappa shape index (κ1) is 18.4. The molecule has 0 spiro atoms. The average molecular weight is 371 g/mol. The van der Waals surface area contributed by atoms with Gasteiger partial charge in [0.1, 0.15) is 5.82 Å². The highest BCUT2D eigenvalue weighted by Gasteiger charge is 2.22. The lowest BCUT2D eigenvalue weighted by atomic mass is 10.2. The van der Waals surface area contributed by atoms with Crippen LogP contribution in [0.15, 0.2) is 47.4 Å². The maximum Gasteiger partial charge on any atom is 0.242 e. The van der Waals surface area contributed by atoms with E-state index in [1.54, 1.807) is 6.92 Å². The first-order chi connectivity index (χ1) is 11.2. The molecule has 2 aromatic rings. The van der Waals surface area contributed by atoms with Crippen LogP contribution in [-0.4, -0.2) is 20.4 Å². The molecule has 8 heteroatoms. The molecule has 128 valence electrons. The largest absolute Gasteiger partial charge is 0.325 e. The summed E-state index contributed by atoms with van der Waals surface area (Å²) in [6.07, 6.45) is 0. The first-order valence-corrected chi connectivity index (χ1v) is 8.90. The van der Waals surface area contributed by atoms with Crippen molar-refractivity contribution in [2.75, 3.05) is 5.32 Å². The fourth-order valence-electron chi connectivity index (χ4n) is 1.89. The van der Waals surface area contributed by atoms with E-state index in [9.17, 15) is 17.6 Å². The zero-order chi connectivity index (χ0) is 17.9. The van der Waals surface area contributed by atoms with E-state index in [2.05, 4.69) is 10.0 Å². The molecule has 0 saturated carbocycles. The van der Waals surface area contributed by atoms with Gasteiger partial charge in [-0.2, -0.15) is 4.72 Å². The van der Waals surface area contributed by atoms with Crippen molar-refractivity contribution in [2.24, 2.45) is 0 Å². The van der Waals surface area contributed by atoms with Crippen LogP contribution in [0.5, 0.6) is 0 Å². The number of rotatable bonds is 5. The molecule has 0 saturated heterocycles. The third kappa shape index (κ3) is 4.53. The van der Waals surface area contributed by atoms with Gasteiger partial charge < -0.3 is 5.32 Å². The van der Waals surface area contributed by atoms with E-state index in [-0.39, 0.29) is 10.6 Å². The number of hydrogen-bond donors (Lipinski definition) is 2. The van der Waals surface area contributed by atoms with Gasteiger partial charge in [0.05, 0.1) is 10.9 Å². The zero-order valence-corrected chi connectivity index (χ0v) is 14.6. The highest BCUT2D eigenvalue weighted by atomic mass is 35.5. The van der Waals surface area contributed by atoms with Gasteiger partial charge in [0, 0.05) is 10.7 Å². The van der Waals surface area contributed by atoms with Gasteiger partial charge in [0.15, 0.2) is 0 Å². The molecule has 0 unspecified atom stereocenters. The second-order valence-corrected chi connectivity index (χ2v) is 7.40. The Morgan fingerprint density at radius 3 is 2.38 bits per heavy atom. The SMILES string of the molecule is Cc1ccc(NC(=O)[C@H](C)NS(=O)(=O)c2ccc(Cl)cc2)cc1F. The van der Waals surface area contributed by atoms with Gasteiger partial charge in [0.2, 0.25) is 15.9 Å². The lowest BCUT2D eigenvalue weighted by Gasteiger charge is -2.15. The molecule has 0 heterocycles. The third-order valence-corrected chi connectivity index (χ3v) is 5.10. The lowest BCUT2D eigenvalue weighted by molar-refractivity contribution is -0.117. The molecular formula is C16H16ClFN2O3S. The van der Waals surface area contributed by atoms with Gasteiger partial charge in [0.25, 0.3) is 0 Å². The summed E-state index contributed by atoms with van der Waals surface area (Å²) in [7, 11) is -3.87. The van der Waals surface area contributed by atoms with E-state index in [0.29, 0.717) is 10.6 Å². The van der Waals surface area contributed by atoms with Gasteiger partial charge in [-0.3, -0.25) is 4.79 Å². The molecule has 2 aromatic carbocycles. The predicted molar refractivity (Wildman–Crippen MR) is 91.0 cm³/mol. The van der Waals surface area contributed by atoms with Crippen LogP contribution < -0.4 is 10.0 Å². The molecule has 5 nitrogen and oxygen atoms in total. The number of hydrogen-bond acceptors (Lipinski definition) is 3. The van der Waals surface area contributed by atoms with Gasteiger partial charge in [-0.15, -0.1) is 0 Å². The van der Waals surface area contributed by atoms with E-state index >= 15 is 0 Å². The van der Waals surface area contributed by atoms with Crippen molar-refractivity contribution in [1.82, 2.24) is 4.72 Å². The van der Waals surface area contributed by atoms with Crippen molar-refractivity contribution < 1.29 is 17.6 Å². The van der Waals surface area contributed by atoms with Crippen molar-refractivity contribution in [3.05, 3.63) is 58.9 Å². The molecule has 0 radical (unpaired) electrons. The number of sulfonamides is 1. The number of carbonyl (C=O) groups is 1. The Balaban J connectivity index is 2.07. The standard InChI is InChI=1S/C16H16ClFN2O3S/c1-10-3-6-13(9-15(10)18)19-16(21)11(2)20-24(22,23)14-7-4-12(17)5-8-14/h3-9,11,20H,1-2H3,(H,19,21)/t11-/m0/s1. The average Bonchev–Trinajstić information content (AvgIpc) is 2.51. The number of nitrogens with one attached hydrogen (secondary N) is 2. The lowest BCUT2D eigenvalue weighted by Crippen LogP contribution is -2.41. The normalized spacial score (nSPS) is 12.7. The molecule has 1 amide bonds. The number of carbonyl (C=O) groups excluding carboxylic acids is 1. The summed E-state index contributed by atoms with van der Waals surface area (Å²) in [5.74, 6) is -1.06. The fourth-order valence-corrected chi connectivity index (χ4v) is 3.22. The van der Waals surface area contributed by atoms with E-state index in [4.69, 9.17) is 11.6 Å². The van der Waals surface area contributed by atoms with Crippen molar-refractivity contribution in [3.8, 4) is 0 Å². The van der Waals surface area contributed by atoms with E-state index in [0.717, 1.165) is 0 Å². The summed E-state index contributed by atoms with van der Waals surface area (Å²) in [6.45, 7) is 3.00. The Labute approximate surface area is 144 Å². The maximum absolute atomic E-state index is 13.5. The summed E-state index contributed by atoms with van der Waals surface area (Å²) in [4.78, 5) is 12.1. The monoisotopic (exact) mass is 370 g/mol. The number of aryl methyl sites for hydroxylation is 1. The molecule has 0 aliphatic rings. The number of benzene rings is 2. The van der Waals surface area contributed by atoms with E-state index < -0.39 is 27.8 Å². The second-order valence-electron chi connectivity index (χ2n) is 5.25. The molecule has 0 aliphatic carbocycles. The van der Waals surface area contributed by atoms with Crippen molar-refractivity contribution in [3.63, 3.8) is 0 Å². The molecule has 1 atom stereocenters. The van der Waals surface area contributed by atoms with Crippen LogP contribution >= 0.6 is 11.6 Å². The Kier molecular flexibility index (Phi) is 5.58. The highest BCUT2D eigenvalue weighted by molar-refractivity contribution is 7.89. The predicted octanol–water partition coefficient (Wildman–Crippen LogP) is 3.09. The Morgan fingerprint density at radius 2 is 1.79 bits per heavy atom. The van der Waals surface area contributed by atoms with Gasteiger partial charge in [-0.25, -0.2) is 12.8 Å². The summed E-state index contributed by atoms with van der Waals surface area (Å²) in [5, 5.41) is 2.87. The molecule has 2 N–H and O–H groups in total. The van der Waals surface area contributed by atoms with Crippen LogP contribution in [0, 0.1) is 12.7 Å². The zero-order valence-electron chi connectivity index (χ0n) is 13.0. The summed E-state index contributed by atoms with van der Waals surface area (Å²) in [5.41, 5.74) is 0.699. The Morgan fingerprint density at radius 1 is 1.17 bits per heavy atom. The van der Waals surface area contributed by atoms with Crippen LogP contribution in [0.1, 0.15) is 12.5 Å². The van der Waals surface area contributed by atoms with Crippen LogP contribution in [-0.2, 0) is 14.8 Å². The third-order valence-electron chi connectivity index (χ3n) is 3.29. The van der Waals surface area contributed by atoms with Crippen LogP contribution in [0.25, 0.3) is 0 Å². The summed E-state index contributed by atoms with van der Waals surface area (Å²) >= 11 is 5.72. The van der Waals surface area contributed by atoms with Crippen molar-refractivity contribution in [2.45, 2.75) is 24.8 Å². The molecule has 0 fully saturated rings. The van der Waals surface area contributed by atoms with Crippen LogP contribution in [0.3, 0.4) is 0 Å². The van der Waals surface area contributed by atoms with Gasteiger partial charge >= 0.3 is 0 Å². The number of halogens is 2. The molecular weight excluding hydrogens is 355 g/mol. The Hall–Kier alpha value is -1.96. The minimum atomic E-state index is -3.87. The molecule has 0 aromatic heterocycles. The Bertz CT molecular complexity index is 854. The molecule has 2 rings (SSSR count). The van der Waals surface area contributed by atoms with Crippen LogP contribution in [0.2, 0.25) is 5.02 Å². The quantitative estimate of drug-likeness (QED) is 0.849. The topological polar surface area (TPSA) is 75.3 Å². The second kappa shape index (κ2) is 7.29. The van der Waals surface area contributed by atoms with E-state index in [1.165, 1.54) is 49.4 Å². The number of amides is 1. The summed E-state index contributed by atoms with van der Waals surface area (Å²) in [6, 6.07) is 8.74. The molecule has 0 aliphatic heterocycles. The van der Waals surface area contributed by atoms with E-state index in [1.807, 2.05) is 0 Å². The highest BCUT2D eigenvalue weighted by Crippen LogP contribution is 2.16. The smallest absolute Gasteiger partial charge is 0.242 e. The molecule has 0 bridgehead atoms.